The fraction of sp³-hybridized carbons (Fsp3) is 0.0986. The number of nitrogens with zero attached hydrogens (tertiary/aromatic N) is 2. The van der Waals surface area contributed by atoms with Gasteiger partial charge in [0.05, 0.1) is 22.7 Å². The molecule has 75 heavy (non-hydrogen) atoms. The summed E-state index contributed by atoms with van der Waals surface area (Å²) in [6.07, 6.45) is 9.48. The van der Waals surface area contributed by atoms with Crippen LogP contribution in [0.4, 0.5) is 34.1 Å². The zero-order valence-corrected chi connectivity index (χ0v) is 42.4. The van der Waals surface area contributed by atoms with Crippen LogP contribution in [0.2, 0.25) is 0 Å². The molecule has 2 aliphatic carbocycles. The van der Waals surface area contributed by atoms with Gasteiger partial charge in [-0.1, -0.05) is 192 Å². The highest BCUT2D eigenvalue weighted by molar-refractivity contribution is 6.29. The normalized spacial score (nSPS) is 15.6. The number of hydrogen-bond donors (Lipinski definition) is 0. The van der Waals surface area contributed by atoms with Crippen molar-refractivity contribution < 1.29 is 8.83 Å². The number of furan rings is 2. The molecule has 0 bridgehead atoms. The van der Waals surface area contributed by atoms with Crippen molar-refractivity contribution >= 4 is 110 Å². The van der Waals surface area contributed by atoms with Gasteiger partial charge in [-0.2, -0.15) is 0 Å². The predicted octanol–water partition coefficient (Wildman–Crippen LogP) is 20.1. The van der Waals surface area contributed by atoms with E-state index in [4.69, 9.17) is 8.83 Å². The van der Waals surface area contributed by atoms with E-state index in [1.165, 1.54) is 54.9 Å². The van der Waals surface area contributed by atoms with Crippen LogP contribution in [0.15, 0.2) is 239 Å². The minimum atomic E-state index is -0.332. The highest BCUT2D eigenvalue weighted by atomic mass is 16.3. The van der Waals surface area contributed by atoms with Gasteiger partial charge in [-0.25, -0.2) is 0 Å². The van der Waals surface area contributed by atoms with Crippen LogP contribution in [-0.4, -0.2) is 0 Å². The fourth-order valence-electron chi connectivity index (χ4n) is 12.9. The largest absolute Gasteiger partial charge is 0.454 e. The molecule has 0 radical (unpaired) electrons. The SMILES string of the molecule is C=C1/C=C\C=C/Cc2ccc(N(c3ccc4ccc5c(N(c6ccc7c(c6)C(C)(C)c6ccccc6-7)c6cccc7c6oc6ccccc67)ccc6ccc3c4c65)c3cccc4c3oc3ccccc34)cc2C1(C)C. The quantitative estimate of drug-likeness (QED) is 0.156. The van der Waals surface area contributed by atoms with Crippen LogP contribution in [0.1, 0.15) is 49.9 Å². The molecule has 0 amide bonds. The van der Waals surface area contributed by atoms with E-state index in [-0.39, 0.29) is 10.8 Å². The van der Waals surface area contributed by atoms with Crippen LogP contribution in [-0.2, 0) is 17.3 Å². The van der Waals surface area contributed by atoms with Crippen LogP contribution < -0.4 is 9.80 Å². The van der Waals surface area contributed by atoms with Gasteiger partial charge >= 0.3 is 0 Å². The molecule has 2 heterocycles. The maximum atomic E-state index is 6.90. The third kappa shape index (κ3) is 6.29. The summed E-state index contributed by atoms with van der Waals surface area (Å²) >= 11 is 0. The van der Waals surface area contributed by atoms with Gasteiger partial charge in [-0.05, 0) is 128 Å². The Balaban J connectivity index is 0.994. The summed E-state index contributed by atoms with van der Waals surface area (Å²) < 4.78 is 13.8. The van der Waals surface area contributed by atoms with E-state index in [1.807, 2.05) is 0 Å². The summed E-state index contributed by atoms with van der Waals surface area (Å²) in [7, 11) is 0. The molecule has 0 atom stereocenters. The molecule has 4 nitrogen and oxygen atoms in total. The molecule has 0 unspecified atom stereocenters. The average molecular weight is 965 g/mol. The van der Waals surface area contributed by atoms with Crippen LogP contribution in [0, 0.1) is 0 Å². The Labute approximate surface area is 435 Å². The van der Waals surface area contributed by atoms with Crippen molar-refractivity contribution in [1.82, 2.24) is 0 Å². The van der Waals surface area contributed by atoms with E-state index in [2.05, 4.69) is 263 Å². The van der Waals surface area contributed by atoms with Crippen LogP contribution in [0.3, 0.4) is 0 Å². The van der Waals surface area contributed by atoms with Crippen LogP contribution >= 0.6 is 0 Å². The Morgan fingerprint density at radius 1 is 0.413 bits per heavy atom. The van der Waals surface area contributed by atoms with Crippen LogP contribution in [0.25, 0.3) is 87.3 Å². The second-order valence-electron chi connectivity index (χ2n) is 21.7. The second-order valence-corrected chi connectivity index (χ2v) is 21.7. The standard InChI is InChI=1S/C71H52N2O2/c1-43-17-7-6-8-18-44-29-34-47(41-58(44)70(43,2)3)72(62-25-15-22-53-51-20-10-13-27-64(51)74-68(53)62)60-39-32-45-31-37-56-61(40-33-46-30-36-55(60)66(45)67(46)56)73(63-26-16-23-54-52-21-11-14-28-65(52)75-69(54)63)48-35-38-50-49-19-9-12-24-57(49)71(4,5)59(50)42-48/h6-17,19-42H,1,18H2,2-5H3/b8-6-,17-7-. The Morgan fingerprint density at radius 3 is 1.56 bits per heavy atom. The first-order valence-electron chi connectivity index (χ1n) is 26.2. The molecule has 0 spiro atoms. The molecule has 11 aromatic carbocycles. The van der Waals surface area contributed by atoms with E-state index in [0.29, 0.717) is 0 Å². The Bertz CT molecular complexity index is 4610. The highest BCUT2D eigenvalue weighted by Crippen LogP contribution is 2.54. The second kappa shape index (κ2) is 15.9. The average Bonchev–Trinajstić information content (AvgIpc) is 4.11. The molecular formula is C71H52N2O2. The molecule has 13 aromatic rings. The van der Waals surface area contributed by atoms with Crippen molar-refractivity contribution in [3.63, 3.8) is 0 Å². The zero-order chi connectivity index (χ0) is 50.3. The minimum Gasteiger partial charge on any atom is -0.454 e. The molecule has 0 aliphatic heterocycles. The molecule has 15 rings (SSSR count). The van der Waals surface area contributed by atoms with Crippen molar-refractivity contribution in [3.05, 3.63) is 253 Å². The van der Waals surface area contributed by atoms with E-state index in [0.717, 1.165) is 101 Å². The van der Waals surface area contributed by atoms with E-state index in [9.17, 15) is 0 Å². The minimum absolute atomic E-state index is 0.190. The van der Waals surface area contributed by atoms with Gasteiger partial charge in [0.25, 0.3) is 0 Å². The van der Waals surface area contributed by atoms with Crippen molar-refractivity contribution in [3.8, 4) is 11.1 Å². The van der Waals surface area contributed by atoms with Crippen LogP contribution in [0.5, 0.6) is 0 Å². The van der Waals surface area contributed by atoms with Gasteiger partial charge in [0.1, 0.15) is 11.2 Å². The van der Waals surface area contributed by atoms with Gasteiger partial charge in [-0.3, -0.25) is 0 Å². The lowest BCUT2D eigenvalue weighted by Crippen LogP contribution is -2.22. The molecule has 0 fully saturated rings. The van der Waals surface area contributed by atoms with Gasteiger partial charge in [0, 0.05) is 54.5 Å². The van der Waals surface area contributed by atoms with Crippen molar-refractivity contribution in [2.45, 2.75) is 44.9 Å². The molecule has 4 heteroatoms. The third-order valence-electron chi connectivity index (χ3n) is 16.9. The first-order valence-corrected chi connectivity index (χ1v) is 26.2. The topological polar surface area (TPSA) is 32.8 Å². The van der Waals surface area contributed by atoms with E-state index >= 15 is 0 Å². The molecule has 0 saturated carbocycles. The number of para-hydroxylation sites is 4. The zero-order valence-electron chi connectivity index (χ0n) is 42.4. The number of benzene rings is 11. The van der Waals surface area contributed by atoms with Crippen molar-refractivity contribution in [2.24, 2.45) is 0 Å². The number of anilines is 6. The summed E-state index contributed by atoms with van der Waals surface area (Å²) in [6, 6.07) is 71.4. The number of allylic oxidation sites excluding steroid dienone is 5. The summed E-state index contributed by atoms with van der Waals surface area (Å²) in [4.78, 5) is 4.89. The summed E-state index contributed by atoms with van der Waals surface area (Å²) in [5.41, 5.74) is 18.0. The van der Waals surface area contributed by atoms with Gasteiger partial charge in [0.15, 0.2) is 11.2 Å². The maximum absolute atomic E-state index is 6.90. The summed E-state index contributed by atoms with van der Waals surface area (Å²) in [6.45, 7) is 13.9. The molecular weight excluding hydrogens is 913 g/mol. The number of fused-ring (bicyclic) bond motifs is 10. The van der Waals surface area contributed by atoms with Gasteiger partial charge < -0.3 is 18.6 Å². The van der Waals surface area contributed by atoms with Crippen molar-refractivity contribution in [2.75, 3.05) is 9.80 Å². The maximum Gasteiger partial charge on any atom is 0.159 e. The Hall–Kier alpha value is -9.12. The third-order valence-corrected chi connectivity index (χ3v) is 16.9. The molecule has 2 aliphatic rings. The lowest BCUT2D eigenvalue weighted by atomic mass is 9.75. The monoisotopic (exact) mass is 964 g/mol. The number of rotatable bonds is 6. The van der Waals surface area contributed by atoms with Crippen molar-refractivity contribution in [1.29, 1.82) is 0 Å². The van der Waals surface area contributed by atoms with E-state index < -0.39 is 0 Å². The lowest BCUT2D eigenvalue weighted by Gasteiger charge is -2.32. The first kappa shape index (κ1) is 43.5. The summed E-state index contributed by atoms with van der Waals surface area (Å²) in [5.74, 6) is 0. The first-order chi connectivity index (χ1) is 36.6. The lowest BCUT2D eigenvalue weighted by molar-refractivity contribution is 0.635. The van der Waals surface area contributed by atoms with Gasteiger partial charge in [0.2, 0.25) is 0 Å². The smallest absolute Gasteiger partial charge is 0.159 e. The predicted molar refractivity (Wildman–Crippen MR) is 316 cm³/mol. The van der Waals surface area contributed by atoms with E-state index in [1.54, 1.807) is 0 Å². The van der Waals surface area contributed by atoms with Gasteiger partial charge in [-0.15, -0.1) is 0 Å². The Morgan fingerprint density at radius 2 is 0.933 bits per heavy atom. The highest BCUT2D eigenvalue weighted by Gasteiger charge is 2.36. The molecule has 0 N–H and O–H groups in total. The molecule has 2 aromatic heterocycles. The molecule has 358 valence electrons. The molecule has 0 saturated heterocycles. The Kier molecular flexibility index (Phi) is 9.24. The number of hydrogen-bond acceptors (Lipinski definition) is 4. The summed E-state index contributed by atoms with van der Waals surface area (Å²) in [5, 5.41) is 11.5. The fourth-order valence-corrected chi connectivity index (χ4v) is 12.9.